The quantitative estimate of drug-likeness (QED) is 0.635. The van der Waals surface area contributed by atoms with Crippen LogP contribution in [-0.4, -0.2) is 29.1 Å². The van der Waals surface area contributed by atoms with Gasteiger partial charge < -0.3 is 14.9 Å². The molecule has 0 saturated carbocycles. The Morgan fingerprint density at radius 3 is 2.12 bits per heavy atom. The van der Waals surface area contributed by atoms with Crippen LogP contribution in [0.3, 0.4) is 0 Å². The molecule has 2 N–H and O–H groups in total. The summed E-state index contributed by atoms with van der Waals surface area (Å²) in [5, 5.41) is 20.2. The summed E-state index contributed by atoms with van der Waals surface area (Å²) in [4.78, 5) is 23.6. The van der Waals surface area contributed by atoms with Gasteiger partial charge in [-0.2, -0.15) is 13.2 Å². The van der Waals surface area contributed by atoms with Crippen molar-refractivity contribution in [1.82, 2.24) is 0 Å². The monoisotopic (exact) mass is 368 g/mol. The van der Waals surface area contributed by atoms with Crippen LogP contribution in [0.15, 0.2) is 30.3 Å². The Bertz CT molecular complexity index is 855. The molecule has 0 heterocycles. The summed E-state index contributed by atoms with van der Waals surface area (Å²) in [6.07, 6.45) is -4.99. The number of carbonyl (C=O) groups excluding carboxylic acids is 2. The van der Waals surface area contributed by atoms with Gasteiger partial charge in [0, 0.05) is 11.6 Å². The first kappa shape index (κ1) is 19.3. The Morgan fingerprint density at radius 2 is 1.65 bits per heavy atom. The zero-order valence-corrected chi connectivity index (χ0v) is 13.8. The molecule has 0 fully saturated rings. The highest BCUT2D eigenvalue weighted by atomic mass is 19.4. The number of carbonyl (C=O) groups is 2. The van der Waals surface area contributed by atoms with Gasteiger partial charge in [0.2, 0.25) is 0 Å². The summed E-state index contributed by atoms with van der Waals surface area (Å²) < 4.78 is 42.8. The van der Waals surface area contributed by atoms with E-state index in [0.717, 1.165) is 44.4 Å². The predicted octanol–water partition coefficient (Wildman–Crippen LogP) is 3.70. The van der Waals surface area contributed by atoms with Crippen molar-refractivity contribution in [3.63, 3.8) is 0 Å². The first-order valence-electron chi connectivity index (χ1n) is 7.39. The Morgan fingerprint density at radius 1 is 1.08 bits per heavy atom. The summed E-state index contributed by atoms with van der Waals surface area (Å²) in [7, 11) is 1.12. The number of alkyl halides is 3. The van der Waals surface area contributed by atoms with E-state index in [1.54, 1.807) is 0 Å². The van der Waals surface area contributed by atoms with Crippen molar-refractivity contribution in [3.05, 3.63) is 47.0 Å². The smallest absolute Gasteiger partial charge is 0.416 e. The summed E-state index contributed by atoms with van der Waals surface area (Å²) in [6, 6.07) is 4.76. The van der Waals surface area contributed by atoms with Gasteiger partial charge in [0.25, 0.3) is 0 Å². The van der Waals surface area contributed by atoms with Crippen molar-refractivity contribution >= 4 is 11.8 Å². The fraction of sp³-hybridized carbons (Fsp3) is 0.222. The number of ketones is 1. The van der Waals surface area contributed by atoms with Crippen LogP contribution in [0.5, 0.6) is 11.5 Å². The zero-order chi connectivity index (χ0) is 19.6. The van der Waals surface area contributed by atoms with Gasteiger partial charge in [-0.25, -0.2) is 0 Å². The molecule has 8 heteroatoms. The van der Waals surface area contributed by atoms with Crippen molar-refractivity contribution in [2.45, 2.75) is 19.5 Å². The number of phenolic OH excluding ortho intramolecular Hbond substituents is 2. The van der Waals surface area contributed by atoms with Gasteiger partial charge in [-0.3, -0.25) is 9.59 Å². The van der Waals surface area contributed by atoms with Crippen LogP contribution in [0.25, 0.3) is 11.1 Å². The van der Waals surface area contributed by atoms with E-state index >= 15 is 0 Å². The summed E-state index contributed by atoms with van der Waals surface area (Å²) >= 11 is 0. The van der Waals surface area contributed by atoms with Crippen molar-refractivity contribution in [3.8, 4) is 22.6 Å². The van der Waals surface area contributed by atoms with Gasteiger partial charge in [0.05, 0.1) is 24.7 Å². The normalized spacial score (nSPS) is 11.3. The van der Waals surface area contributed by atoms with E-state index < -0.39 is 41.4 Å². The molecule has 0 radical (unpaired) electrons. The van der Waals surface area contributed by atoms with Gasteiger partial charge in [-0.15, -0.1) is 0 Å². The number of hydrogen-bond acceptors (Lipinski definition) is 5. The average Bonchev–Trinajstić information content (AvgIpc) is 2.53. The lowest BCUT2D eigenvalue weighted by Crippen LogP contribution is -2.11. The van der Waals surface area contributed by atoms with Gasteiger partial charge in [-0.05, 0) is 30.2 Å². The minimum absolute atomic E-state index is 0.0212. The third-order valence-corrected chi connectivity index (χ3v) is 3.79. The summed E-state index contributed by atoms with van der Waals surface area (Å²) in [6.45, 7) is 1.16. The maximum Gasteiger partial charge on any atom is 0.416 e. The number of methoxy groups -OCH3 is 1. The zero-order valence-electron chi connectivity index (χ0n) is 13.8. The number of ether oxygens (including phenoxy) is 1. The number of benzene rings is 2. The lowest BCUT2D eigenvalue weighted by atomic mass is 9.89. The average molecular weight is 368 g/mol. The lowest BCUT2D eigenvalue weighted by Gasteiger charge is -2.17. The van der Waals surface area contributed by atoms with Crippen molar-refractivity contribution in [2.24, 2.45) is 0 Å². The fourth-order valence-electron chi connectivity index (χ4n) is 2.64. The molecule has 2 aromatic rings. The van der Waals surface area contributed by atoms with Gasteiger partial charge in [0.15, 0.2) is 5.78 Å². The van der Waals surface area contributed by atoms with Gasteiger partial charge in [0.1, 0.15) is 11.5 Å². The van der Waals surface area contributed by atoms with Crippen LogP contribution >= 0.6 is 0 Å². The molecule has 0 aromatic heterocycles. The van der Waals surface area contributed by atoms with Crippen LogP contribution in [-0.2, 0) is 22.1 Å². The second kappa shape index (κ2) is 7.07. The summed E-state index contributed by atoms with van der Waals surface area (Å²) in [5.41, 5.74) is -0.991. The molecule has 0 saturated heterocycles. The molecular weight excluding hydrogens is 353 g/mol. The predicted molar refractivity (Wildman–Crippen MR) is 85.9 cm³/mol. The molecule has 0 amide bonds. The molecule has 2 rings (SSSR count). The van der Waals surface area contributed by atoms with E-state index in [2.05, 4.69) is 4.74 Å². The second-order valence-corrected chi connectivity index (χ2v) is 5.53. The van der Waals surface area contributed by atoms with Crippen LogP contribution in [0.2, 0.25) is 0 Å². The van der Waals surface area contributed by atoms with Crippen LogP contribution < -0.4 is 0 Å². The maximum absolute atomic E-state index is 12.7. The van der Waals surface area contributed by atoms with E-state index in [1.165, 1.54) is 0 Å². The molecule has 0 aliphatic carbocycles. The first-order valence-corrected chi connectivity index (χ1v) is 7.39. The highest BCUT2D eigenvalue weighted by Gasteiger charge is 2.30. The minimum Gasteiger partial charge on any atom is -0.507 e. The van der Waals surface area contributed by atoms with Crippen molar-refractivity contribution in [2.75, 3.05) is 7.11 Å². The van der Waals surface area contributed by atoms with E-state index in [9.17, 15) is 33.0 Å². The molecule has 0 spiro atoms. The Kier molecular flexibility index (Phi) is 5.25. The minimum atomic E-state index is -4.53. The first-order chi connectivity index (χ1) is 12.1. The number of phenols is 2. The topological polar surface area (TPSA) is 83.8 Å². The highest BCUT2D eigenvalue weighted by Crippen LogP contribution is 2.41. The number of hydrogen-bond donors (Lipinski definition) is 2. The number of aromatic hydroxyl groups is 2. The lowest BCUT2D eigenvalue weighted by molar-refractivity contribution is -0.140. The molecule has 0 unspecified atom stereocenters. The molecule has 0 bridgehead atoms. The van der Waals surface area contributed by atoms with Gasteiger partial charge in [-0.1, -0.05) is 12.1 Å². The standard InChI is InChI=1S/C18H15F3O5/c1-9(22)16-12(7-15(25)26-2)17(14(24)8-13(16)23)10-3-5-11(6-4-10)18(19,20)21/h3-6,8,23-24H,7H2,1-2H3. The number of esters is 1. The second-order valence-electron chi connectivity index (χ2n) is 5.53. The number of Topliss-reactive ketones (excluding diaryl/α,β-unsaturated/α-hetero) is 1. The van der Waals surface area contributed by atoms with Crippen LogP contribution in [0, 0.1) is 0 Å². The molecule has 0 aliphatic rings. The van der Waals surface area contributed by atoms with E-state index in [1.807, 2.05) is 0 Å². The molecule has 0 aliphatic heterocycles. The van der Waals surface area contributed by atoms with E-state index in [-0.39, 0.29) is 22.3 Å². The number of halogens is 3. The van der Waals surface area contributed by atoms with E-state index in [4.69, 9.17) is 0 Å². The SMILES string of the molecule is COC(=O)Cc1c(C(C)=O)c(O)cc(O)c1-c1ccc(C(F)(F)F)cc1. The van der Waals surface area contributed by atoms with Crippen LogP contribution in [0.4, 0.5) is 13.2 Å². The molecule has 138 valence electrons. The van der Waals surface area contributed by atoms with Crippen molar-refractivity contribution < 1.29 is 37.7 Å². The fourth-order valence-corrected chi connectivity index (χ4v) is 2.64. The van der Waals surface area contributed by atoms with Crippen molar-refractivity contribution in [1.29, 1.82) is 0 Å². The Balaban J connectivity index is 2.72. The molecule has 2 aromatic carbocycles. The number of rotatable bonds is 4. The van der Waals surface area contributed by atoms with Gasteiger partial charge >= 0.3 is 12.1 Å². The molecule has 0 atom stereocenters. The summed E-state index contributed by atoms with van der Waals surface area (Å²) in [5.74, 6) is -2.34. The van der Waals surface area contributed by atoms with Crippen LogP contribution in [0.1, 0.15) is 28.4 Å². The van der Waals surface area contributed by atoms with E-state index in [0.29, 0.717) is 0 Å². The maximum atomic E-state index is 12.7. The molecular formula is C18H15F3O5. The third kappa shape index (κ3) is 3.79. The Labute approximate surface area is 146 Å². The largest absolute Gasteiger partial charge is 0.507 e. The Hall–Kier alpha value is -3.03. The highest BCUT2D eigenvalue weighted by molar-refractivity contribution is 6.02. The molecule has 5 nitrogen and oxygen atoms in total. The third-order valence-electron chi connectivity index (χ3n) is 3.79. The molecule has 26 heavy (non-hydrogen) atoms.